The molecule has 1 heterocycles. The van der Waals surface area contributed by atoms with Crippen LogP contribution in [0.3, 0.4) is 0 Å². The molecule has 3 aromatic rings. The third-order valence-corrected chi connectivity index (χ3v) is 7.54. The summed E-state index contributed by atoms with van der Waals surface area (Å²) in [6.45, 7) is 1.54. The SMILES string of the molecule is CCc1ccccc1NC(=O)COC(=O)c1cccc(N2C(=O)[C@@H]3CC[C@@H](c4ccccc4)C[C@H]3C2=O)c1. The van der Waals surface area contributed by atoms with Gasteiger partial charge in [0.1, 0.15) is 0 Å². The number of amides is 3. The minimum Gasteiger partial charge on any atom is -0.452 e. The Morgan fingerprint density at radius 2 is 1.63 bits per heavy atom. The molecule has 1 N–H and O–H groups in total. The lowest BCUT2D eigenvalue weighted by Gasteiger charge is -2.28. The van der Waals surface area contributed by atoms with Crippen molar-refractivity contribution in [3.05, 3.63) is 95.6 Å². The molecule has 3 atom stereocenters. The molecule has 1 aliphatic carbocycles. The van der Waals surface area contributed by atoms with Crippen molar-refractivity contribution in [2.24, 2.45) is 11.8 Å². The molecule has 0 bridgehead atoms. The normalized spacial score (nSPS) is 20.7. The van der Waals surface area contributed by atoms with Crippen LogP contribution < -0.4 is 10.2 Å². The van der Waals surface area contributed by atoms with Crippen molar-refractivity contribution in [2.75, 3.05) is 16.8 Å². The predicted molar refractivity (Wildman–Crippen MR) is 144 cm³/mol. The zero-order valence-corrected chi connectivity index (χ0v) is 21.3. The van der Waals surface area contributed by atoms with E-state index in [0.717, 1.165) is 18.4 Å². The lowest BCUT2D eigenvalue weighted by molar-refractivity contribution is -0.122. The van der Waals surface area contributed by atoms with E-state index in [1.807, 2.05) is 43.3 Å². The van der Waals surface area contributed by atoms with Gasteiger partial charge in [0.2, 0.25) is 11.8 Å². The van der Waals surface area contributed by atoms with E-state index >= 15 is 0 Å². The van der Waals surface area contributed by atoms with Crippen LogP contribution in [-0.2, 0) is 25.5 Å². The summed E-state index contributed by atoms with van der Waals surface area (Å²) in [5.74, 6) is -2.06. The molecule has 2 fully saturated rings. The molecular formula is C31H30N2O5. The third kappa shape index (κ3) is 5.09. The number of ether oxygens (including phenoxy) is 1. The molecular weight excluding hydrogens is 480 g/mol. The van der Waals surface area contributed by atoms with Crippen molar-refractivity contribution in [3.63, 3.8) is 0 Å². The maximum Gasteiger partial charge on any atom is 0.338 e. The molecule has 1 aliphatic heterocycles. The smallest absolute Gasteiger partial charge is 0.338 e. The number of para-hydroxylation sites is 1. The molecule has 0 spiro atoms. The highest BCUT2D eigenvalue weighted by Crippen LogP contribution is 2.45. The number of aryl methyl sites for hydroxylation is 1. The molecule has 1 saturated carbocycles. The maximum absolute atomic E-state index is 13.4. The molecule has 38 heavy (non-hydrogen) atoms. The topological polar surface area (TPSA) is 92.8 Å². The Kier molecular flexibility index (Phi) is 7.36. The van der Waals surface area contributed by atoms with Gasteiger partial charge in [-0.3, -0.25) is 19.3 Å². The number of imide groups is 1. The largest absolute Gasteiger partial charge is 0.452 e. The molecule has 3 aromatic carbocycles. The van der Waals surface area contributed by atoms with Crippen LogP contribution in [0, 0.1) is 11.8 Å². The first-order chi connectivity index (χ1) is 18.5. The fourth-order valence-corrected chi connectivity index (χ4v) is 5.58. The second-order valence-electron chi connectivity index (χ2n) is 9.83. The second-order valence-corrected chi connectivity index (χ2v) is 9.83. The zero-order chi connectivity index (χ0) is 26.6. The van der Waals surface area contributed by atoms with Gasteiger partial charge in [-0.25, -0.2) is 4.79 Å². The van der Waals surface area contributed by atoms with Gasteiger partial charge in [0, 0.05) is 5.69 Å². The molecule has 5 rings (SSSR count). The summed E-state index contributed by atoms with van der Waals surface area (Å²) in [6.07, 6.45) is 2.90. The molecule has 0 unspecified atom stereocenters. The summed E-state index contributed by atoms with van der Waals surface area (Å²) in [6, 6.07) is 23.8. The predicted octanol–water partition coefficient (Wildman–Crippen LogP) is 5.12. The Labute approximate surface area is 221 Å². The van der Waals surface area contributed by atoms with Gasteiger partial charge >= 0.3 is 5.97 Å². The first-order valence-electron chi connectivity index (χ1n) is 13.0. The first-order valence-corrected chi connectivity index (χ1v) is 13.0. The number of carbonyl (C=O) groups excluding carboxylic acids is 4. The maximum atomic E-state index is 13.4. The highest BCUT2D eigenvalue weighted by atomic mass is 16.5. The standard InChI is InChI=1S/C31H30N2O5/c1-2-20-9-6-7-14-27(20)32-28(34)19-38-31(37)23-12-8-13-24(17-23)33-29(35)25-16-15-22(18-26(25)30(33)36)21-10-4-3-5-11-21/h3-14,17,22,25-26H,2,15-16,18-19H2,1H3,(H,32,34)/t22-,25-,26-/m1/s1. The van der Waals surface area contributed by atoms with Crippen LogP contribution in [0.1, 0.15) is 53.6 Å². The zero-order valence-electron chi connectivity index (χ0n) is 21.3. The van der Waals surface area contributed by atoms with Gasteiger partial charge in [0.15, 0.2) is 6.61 Å². The van der Waals surface area contributed by atoms with Crippen molar-refractivity contribution in [3.8, 4) is 0 Å². The number of benzene rings is 3. The lowest BCUT2D eigenvalue weighted by Crippen LogP contribution is -2.31. The van der Waals surface area contributed by atoms with Gasteiger partial charge in [0.25, 0.3) is 5.91 Å². The van der Waals surface area contributed by atoms with Gasteiger partial charge in [-0.1, -0.05) is 61.5 Å². The number of hydrogen-bond donors (Lipinski definition) is 1. The number of anilines is 2. The number of nitrogens with one attached hydrogen (secondary N) is 1. The summed E-state index contributed by atoms with van der Waals surface area (Å²) in [4.78, 5) is 52.9. The summed E-state index contributed by atoms with van der Waals surface area (Å²) in [5.41, 5.74) is 3.37. The van der Waals surface area contributed by atoms with Crippen LogP contribution in [0.5, 0.6) is 0 Å². The monoisotopic (exact) mass is 510 g/mol. The Balaban J connectivity index is 1.24. The summed E-state index contributed by atoms with van der Waals surface area (Å²) < 4.78 is 5.23. The number of fused-ring (bicyclic) bond motifs is 1. The molecule has 3 amide bonds. The number of hydrogen-bond acceptors (Lipinski definition) is 5. The van der Waals surface area contributed by atoms with Crippen LogP contribution in [-0.4, -0.2) is 30.3 Å². The molecule has 194 valence electrons. The molecule has 0 aromatic heterocycles. The highest BCUT2D eigenvalue weighted by Gasteiger charge is 2.50. The number of carbonyl (C=O) groups is 4. The molecule has 7 heteroatoms. The Morgan fingerprint density at radius 3 is 2.42 bits per heavy atom. The van der Waals surface area contributed by atoms with E-state index in [-0.39, 0.29) is 35.1 Å². The third-order valence-electron chi connectivity index (χ3n) is 7.54. The van der Waals surface area contributed by atoms with E-state index in [1.54, 1.807) is 24.3 Å². The van der Waals surface area contributed by atoms with Crippen LogP contribution in [0.4, 0.5) is 11.4 Å². The Bertz CT molecular complexity index is 1370. The number of nitrogens with zero attached hydrogens (tertiary/aromatic N) is 1. The average molecular weight is 511 g/mol. The first kappa shape index (κ1) is 25.4. The van der Waals surface area contributed by atoms with Gasteiger partial charge < -0.3 is 10.1 Å². The molecule has 0 radical (unpaired) electrons. The Morgan fingerprint density at radius 1 is 0.895 bits per heavy atom. The van der Waals surface area contributed by atoms with E-state index in [4.69, 9.17) is 4.74 Å². The van der Waals surface area contributed by atoms with Crippen molar-refractivity contribution in [1.82, 2.24) is 0 Å². The van der Waals surface area contributed by atoms with E-state index < -0.39 is 18.5 Å². The minimum absolute atomic E-state index is 0.168. The summed E-state index contributed by atoms with van der Waals surface area (Å²) >= 11 is 0. The van der Waals surface area contributed by atoms with Crippen molar-refractivity contribution < 1.29 is 23.9 Å². The van der Waals surface area contributed by atoms with Crippen LogP contribution in [0.2, 0.25) is 0 Å². The lowest BCUT2D eigenvalue weighted by atomic mass is 9.73. The highest BCUT2D eigenvalue weighted by molar-refractivity contribution is 6.22. The second kappa shape index (κ2) is 11.0. The fourth-order valence-electron chi connectivity index (χ4n) is 5.58. The van der Waals surface area contributed by atoms with E-state index in [9.17, 15) is 19.2 Å². The van der Waals surface area contributed by atoms with Crippen LogP contribution in [0.15, 0.2) is 78.9 Å². The van der Waals surface area contributed by atoms with Crippen molar-refractivity contribution in [2.45, 2.75) is 38.5 Å². The van der Waals surface area contributed by atoms with Crippen LogP contribution >= 0.6 is 0 Å². The van der Waals surface area contributed by atoms with Crippen molar-refractivity contribution in [1.29, 1.82) is 0 Å². The fraction of sp³-hybridized carbons (Fsp3) is 0.290. The van der Waals surface area contributed by atoms with Gasteiger partial charge in [-0.05, 0) is 67.0 Å². The average Bonchev–Trinajstić information content (AvgIpc) is 3.21. The summed E-state index contributed by atoms with van der Waals surface area (Å²) in [7, 11) is 0. The molecule has 7 nitrogen and oxygen atoms in total. The van der Waals surface area contributed by atoms with E-state index in [2.05, 4.69) is 17.4 Å². The van der Waals surface area contributed by atoms with E-state index in [0.29, 0.717) is 24.2 Å². The molecule has 2 aliphatic rings. The quantitative estimate of drug-likeness (QED) is 0.352. The van der Waals surface area contributed by atoms with Gasteiger partial charge in [0.05, 0.1) is 23.1 Å². The Hall–Kier alpha value is -4.26. The minimum atomic E-state index is -0.702. The van der Waals surface area contributed by atoms with Crippen LogP contribution in [0.25, 0.3) is 0 Å². The van der Waals surface area contributed by atoms with Gasteiger partial charge in [-0.15, -0.1) is 0 Å². The van der Waals surface area contributed by atoms with Crippen molar-refractivity contribution >= 4 is 35.1 Å². The van der Waals surface area contributed by atoms with Gasteiger partial charge in [-0.2, -0.15) is 0 Å². The number of rotatable bonds is 7. The summed E-state index contributed by atoms with van der Waals surface area (Å²) in [5, 5.41) is 2.77. The van der Waals surface area contributed by atoms with E-state index in [1.165, 1.54) is 16.5 Å². The number of esters is 1. The molecule has 1 saturated heterocycles.